The Morgan fingerprint density at radius 1 is 0.963 bits per heavy atom. The first kappa shape index (κ1) is 24.1. The first-order chi connectivity index (χ1) is 12.6. The summed E-state index contributed by atoms with van der Waals surface area (Å²) in [6.07, 6.45) is -0.224. The van der Waals surface area contributed by atoms with Gasteiger partial charge in [-0.1, -0.05) is 0 Å². The summed E-state index contributed by atoms with van der Waals surface area (Å²) >= 11 is 0. The Hall–Kier alpha value is -2.93. The second-order valence-corrected chi connectivity index (χ2v) is 5.63. The zero-order valence-corrected chi connectivity index (χ0v) is 14.6. The minimum Gasteiger partial charge on any atom is -0.481 e. The van der Waals surface area contributed by atoms with Crippen LogP contribution in [0.25, 0.3) is 0 Å². The van der Waals surface area contributed by atoms with Crippen LogP contribution in [0.15, 0.2) is 4.99 Å². The molecule has 0 heterocycles. The Morgan fingerprint density at radius 3 is 2.04 bits per heavy atom. The van der Waals surface area contributed by atoms with Crippen LogP contribution in [0.4, 0.5) is 0 Å². The highest BCUT2D eigenvalue weighted by Crippen LogP contribution is 2.00. The van der Waals surface area contributed by atoms with Crippen molar-refractivity contribution in [1.29, 1.82) is 0 Å². The summed E-state index contributed by atoms with van der Waals surface area (Å²) in [5.41, 5.74) is 16.0. The maximum absolute atomic E-state index is 12.0. The monoisotopic (exact) mass is 390 g/mol. The lowest BCUT2D eigenvalue weighted by molar-refractivity contribution is -0.143. The molecule has 0 aliphatic heterocycles. The van der Waals surface area contributed by atoms with Crippen LogP contribution < -0.4 is 27.8 Å². The van der Waals surface area contributed by atoms with Crippen LogP contribution in [0, 0.1) is 0 Å². The largest absolute Gasteiger partial charge is 0.481 e. The third kappa shape index (κ3) is 10.6. The highest BCUT2D eigenvalue weighted by Gasteiger charge is 2.27. The van der Waals surface area contributed by atoms with Crippen LogP contribution in [-0.4, -0.2) is 76.3 Å². The van der Waals surface area contributed by atoms with Crippen molar-refractivity contribution in [3.63, 3.8) is 0 Å². The lowest BCUT2D eigenvalue weighted by Crippen LogP contribution is -2.55. The standard InChI is InChI=1S/C14H26N6O7/c15-7(2-1-5-18-14(16)17)11(24)20-9(6-21)12(25)19-8(13(26)27)3-4-10(22)23/h7-9,21H,1-6,15H2,(H,19,25)(H,20,24)(H,22,23)(H,26,27)(H4,16,17,18)/t7-,8-,9-/m0/s1. The van der Waals surface area contributed by atoms with Crippen molar-refractivity contribution in [3.05, 3.63) is 0 Å². The molecule has 3 atom stereocenters. The molecule has 13 heteroatoms. The molecule has 0 fully saturated rings. The molecule has 0 saturated heterocycles. The fourth-order valence-electron chi connectivity index (χ4n) is 1.92. The smallest absolute Gasteiger partial charge is 0.326 e. The van der Waals surface area contributed by atoms with Gasteiger partial charge in [0.25, 0.3) is 0 Å². The van der Waals surface area contributed by atoms with Crippen molar-refractivity contribution in [2.45, 2.75) is 43.8 Å². The number of amides is 2. The maximum atomic E-state index is 12.0. The van der Waals surface area contributed by atoms with E-state index >= 15 is 0 Å². The molecule has 2 amide bonds. The van der Waals surface area contributed by atoms with Gasteiger partial charge >= 0.3 is 11.9 Å². The van der Waals surface area contributed by atoms with Gasteiger partial charge in [-0.2, -0.15) is 0 Å². The quantitative estimate of drug-likeness (QED) is 0.0867. The van der Waals surface area contributed by atoms with E-state index in [-0.39, 0.29) is 25.3 Å². The van der Waals surface area contributed by atoms with E-state index < -0.39 is 54.9 Å². The molecule has 0 saturated carbocycles. The summed E-state index contributed by atoms with van der Waals surface area (Å²) in [5, 5.41) is 31.1. The maximum Gasteiger partial charge on any atom is 0.326 e. The number of hydrogen-bond donors (Lipinski definition) is 8. The Bertz CT molecular complexity index is 564. The zero-order chi connectivity index (χ0) is 21.0. The number of aliphatic hydroxyl groups excluding tert-OH is 1. The molecule has 0 rings (SSSR count). The van der Waals surface area contributed by atoms with Gasteiger partial charge < -0.3 is 43.2 Å². The van der Waals surface area contributed by atoms with Crippen molar-refractivity contribution in [2.75, 3.05) is 13.2 Å². The topological polar surface area (TPSA) is 243 Å². The molecule has 0 aromatic rings. The molecule has 0 aliphatic carbocycles. The molecule has 0 radical (unpaired) electrons. The Labute approximate surface area is 155 Å². The third-order valence-corrected chi connectivity index (χ3v) is 3.38. The molecular weight excluding hydrogens is 364 g/mol. The predicted octanol–water partition coefficient (Wildman–Crippen LogP) is -3.72. The van der Waals surface area contributed by atoms with Crippen LogP contribution in [0.1, 0.15) is 25.7 Å². The summed E-state index contributed by atoms with van der Waals surface area (Å²) in [6, 6.07) is -3.91. The molecule has 0 aromatic carbocycles. The van der Waals surface area contributed by atoms with Crippen molar-refractivity contribution >= 4 is 29.7 Å². The normalized spacial score (nSPS) is 13.7. The number of guanidine groups is 1. The molecule has 11 N–H and O–H groups in total. The summed E-state index contributed by atoms with van der Waals surface area (Å²) in [5.74, 6) is -4.47. The number of carboxylic acid groups (broad SMARTS) is 2. The Morgan fingerprint density at radius 2 is 1.56 bits per heavy atom. The highest BCUT2D eigenvalue weighted by atomic mass is 16.4. The van der Waals surface area contributed by atoms with Crippen molar-refractivity contribution in [2.24, 2.45) is 22.2 Å². The van der Waals surface area contributed by atoms with Crippen LogP contribution in [-0.2, 0) is 19.2 Å². The highest BCUT2D eigenvalue weighted by molar-refractivity contribution is 5.91. The third-order valence-electron chi connectivity index (χ3n) is 3.38. The fourth-order valence-corrected chi connectivity index (χ4v) is 1.92. The van der Waals surface area contributed by atoms with Gasteiger partial charge in [-0.25, -0.2) is 4.79 Å². The molecule has 0 bridgehead atoms. The van der Waals surface area contributed by atoms with Gasteiger partial charge in [-0.05, 0) is 19.3 Å². The molecule has 154 valence electrons. The molecule has 0 spiro atoms. The number of carbonyl (C=O) groups is 4. The van der Waals surface area contributed by atoms with E-state index in [0.717, 1.165) is 0 Å². The van der Waals surface area contributed by atoms with Gasteiger partial charge in [0, 0.05) is 13.0 Å². The van der Waals surface area contributed by atoms with Crippen LogP contribution in [0.2, 0.25) is 0 Å². The summed E-state index contributed by atoms with van der Waals surface area (Å²) in [7, 11) is 0. The SMILES string of the molecule is NC(N)=NCCC[C@H](N)C(=O)N[C@@H](CO)C(=O)N[C@@H](CCC(=O)O)C(=O)O. The molecule has 0 unspecified atom stereocenters. The minimum absolute atomic E-state index is 0.0964. The van der Waals surface area contributed by atoms with E-state index in [1.54, 1.807) is 0 Å². The summed E-state index contributed by atoms with van der Waals surface area (Å²) < 4.78 is 0. The lowest BCUT2D eigenvalue weighted by atomic mass is 10.1. The minimum atomic E-state index is -1.48. The van der Waals surface area contributed by atoms with Crippen molar-refractivity contribution < 1.29 is 34.5 Å². The zero-order valence-electron chi connectivity index (χ0n) is 14.6. The number of aliphatic hydroxyl groups is 1. The van der Waals surface area contributed by atoms with E-state index in [9.17, 15) is 24.3 Å². The number of nitrogens with zero attached hydrogens (tertiary/aromatic N) is 1. The van der Waals surface area contributed by atoms with Gasteiger partial charge in [0.15, 0.2) is 5.96 Å². The van der Waals surface area contributed by atoms with E-state index in [0.29, 0.717) is 6.42 Å². The fraction of sp³-hybridized carbons (Fsp3) is 0.643. The molecular formula is C14H26N6O7. The second-order valence-electron chi connectivity index (χ2n) is 5.63. The number of nitrogens with one attached hydrogen (secondary N) is 2. The Kier molecular flexibility index (Phi) is 11.1. The molecule has 13 nitrogen and oxygen atoms in total. The molecule has 27 heavy (non-hydrogen) atoms. The number of rotatable bonds is 13. The van der Waals surface area contributed by atoms with Gasteiger partial charge in [-0.3, -0.25) is 19.4 Å². The van der Waals surface area contributed by atoms with Crippen LogP contribution in [0.3, 0.4) is 0 Å². The number of hydrogen-bond acceptors (Lipinski definition) is 7. The number of carbonyl (C=O) groups excluding carboxylic acids is 2. The van der Waals surface area contributed by atoms with Gasteiger partial charge in [0.2, 0.25) is 11.8 Å². The number of carboxylic acids is 2. The number of nitrogens with two attached hydrogens (primary N) is 3. The first-order valence-corrected chi connectivity index (χ1v) is 8.05. The van der Waals surface area contributed by atoms with Gasteiger partial charge in [0.1, 0.15) is 12.1 Å². The second kappa shape index (κ2) is 12.4. The van der Waals surface area contributed by atoms with Crippen molar-refractivity contribution in [3.8, 4) is 0 Å². The summed E-state index contributed by atoms with van der Waals surface area (Å²) in [6.45, 7) is -0.541. The lowest BCUT2D eigenvalue weighted by Gasteiger charge is -2.21. The van der Waals surface area contributed by atoms with Crippen LogP contribution >= 0.6 is 0 Å². The van der Waals surface area contributed by atoms with E-state index in [1.807, 2.05) is 0 Å². The van der Waals surface area contributed by atoms with Crippen LogP contribution in [0.5, 0.6) is 0 Å². The summed E-state index contributed by atoms with van der Waals surface area (Å²) in [4.78, 5) is 49.3. The molecule has 0 aliphatic rings. The predicted molar refractivity (Wildman–Crippen MR) is 93.3 cm³/mol. The molecule has 0 aromatic heterocycles. The average Bonchev–Trinajstić information content (AvgIpc) is 2.58. The number of aliphatic imine (C=N–C) groups is 1. The number of aliphatic carboxylic acids is 2. The average molecular weight is 390 g/mol. The van der Waals surface area contributed by atoms with Gasteiger partial charge in [-0.15, -0.1) is 0 Å². The first-order valence-electron chi connectivity index (χ1n) is 8.05. The van der Waals surface area contributed by atoms with Crippen molar-refractivity contribution in [1.82, 2.24) is 10.6 Å². The van der Waals surface area contributed by atoms with E-state index in [1.165, 1.54) is 0 Å². The van der Waals surface area contributed by atoms with E-state index in [4.69, 9.17) is 27.4 Å². The van der Waals surface area contributed by atoms with Gasteiger partial charge in [0.05, 0.1) is 12.6 Å². The van der Waals surface area contributed by atoms with E-state index in [2.05, 4.69) is 15.6 Å². The Balaban J connectivity index is 4.63.